The second-order valence-corrected chi connectivity index (χ2v) is 13.3. The summed E-state index contributed by atoms with van der Waals surface area (Å²) in [5, 5.41) is 0. The molecule has 1 unspecified atom stereocenters. The molecule has 0 radical (unpaired) electrons. The van der Waals surface area contributed by atoms with Crippen LogP contribution in [0.25, 0.3) is 0 Å². The number of halogens is 1. The van der Waals surface area contributed by atoms with Crippen LogP contribution in [0.15, 0.2) is 18.4 Å². The number of Topliss-reactive ketones (excluding diaryl/α,β-unsaturated/α-hetero) is 1. The monoisotopic (exact) mass is 400 g/mol. The van der Waals surface area contributed by atoms with Crippen LogP contribution in [0.3, 0.4) is 0 Å². The summed E-state index contributed by atoms with van der Waals surface area (Å²) < 4.78 is -0.248. The van der Waals surface area contributed by atoms with Crippen molar-refractivity contribution in [2.45, 2.75) is 61.6 Å². The molecule has 1 saturated carbocycles. The molecular formula is C17H25IOSi. The van der Waals surface area contributed by atoms with Crippen molar-refractivity contribution in [3.63, 3.8) is 0 Å². The second kappa shape index (κ2) is 7.63. The molecule has 2 atom stereocenters. The summed E-state index contributed by atoms with van der Waals surface area (Å²) in [5.41, 5.74) is 6.23. The molecular weight excluding hydrogens is 375 g/mol. The van der Waals surface area contributed by atoms with Gasteiger partial charge in [-0.15, -0.1) is 17.2 Å². The molecule has 0 bridgehead atoms. The van der Waals surface area contributed by atoms with Crippen molar-refractivity contribution in [2.75, 3.05) is 0 Å². The minimum absolute atomic E-state index is 0.248. The summed E-state index contributed by atoms with van der Waals surface area (Å²) in [7, 11) is -1.27. The van der Waals surface area contributed by atoms with Crippen LogP contribution < -0.4 is 0 Å². The van der Waals surface area contributed by atoms with Gasteiger partial charge in [0.15, 0.2) is 0 Å². The Hall–Kier alpha value is -0.303. The first-order valence-electron chi connectivity index (χ1n) is 7.36. The third-order valence-corrected chi connectivity index (χ3v) is 6.54. The van der Waals surface area contributed by atoms with Crippen LogP contribution in [0.2, 0.25) is 19.6 Å². The van der Waals surface area contributed by atoms with E-state index < -0.39 is 8.07 Å². The lowest BCUT2D eigenvalue weighted by Gasteiger charge is -2.37. The zero-order valence-corrected chi connectivity index (χ0v) is 16.0. The lowest BCUT2D eigenvalue weighted by molar-refractivity contribution is -0.123. The van der Waals surface area contributed by atoms with Crippen molar-refractivity contribution in [1.82, 2.24) is 0 Å². The fourth-order valence-electron chi connectivity index (χ4n) is 2.62. The maximum Gasteiger partial charge on any atom is 0.149 e. The normalized spacial score (nSPS) is 26.4. The van der Waals surface area contributed by atoms with Crippen molar-refractivity contribution < 1.29 is 4.79 Å². The number of hydrogen-bond donors (Lipinski definition) is 0. The fourth-order valence-corrected chi connectivity index (χ4v) is 4.39. The van der Waals surface area contributed by atoms with Gasteiger partial charge < -0.3 is 0 Å². The maximum absolute atomic E-state index is 12.3. The Morgan fingerprint density at radius 3 is 2.80 bits per heavy atom. The van der Waals surface area contributed by atoms with E-state index in [9.17, 15) is 4.79 Å². The molecule has 1 nitrogen and oxygen atoms in total. The van der Waals surface area contributed by atoms with E-state index in [2.05, 4.69) is 66.0 Å². The second-order valence-electron chi connectivity index (χ2n) is 6.58. The van der Waals surface area contributed by atoms with E-state index >= 15 is 0 Å². The molecule has 110 valence electrons. The van der Waals surface area contributed by atoms with E-state index in [1.807, 2.05) is 6.08 Å². The molecule has 3 heteroatoms. The van der Waals surface area contributed by atoms with Crippen LogP contribution in [0.1, 0.15) is 38.5 Å². The van der Waals surface area contributed by atoms with Crippen LogP contribution in [-0.2, 0) is 4.79 Å². The van der Waals surface area contributed by atoms with Gasteiger partial charge in [-0.05, 0) is 37.7 Å². The third kappa shape index (κ3) is 5.24. The van der Waals surface area contributed by atoms with E-state index in [0.29, 0.717) is 11.7 Å². The number of carbonyl (C=O) groups is 1. The summed E-state index contributed by atoms with van der Waals surface area (Å²) >= 11 is 2.38. The van der Waals surface area contributed by atoms with Crippen molar-refractivity contribution >= 4 is 36.4 Å². The molecule has 0 aromatic heterocycles. The lowest BCUT2D eigenvalue weighted by atomic mass is 9.74. The molecule has 1 fully saturated rings. The summed E-state index contributed by atoms with van der Waals surface area (Å²) in [4.78, 5) is 12.3. The molecule has 1 aliphatic carbocycles. The van der Waals surface area contributed by atoms with E-state index in [0.717, 1.165) is 38.5 Å². The SMILES string of the molecule is C=C=CCC1(I)C(=O)CCC[C@H]1CCC#C[Si](C)(C)C. The minimum atomic E-state index is -1.27. The van der Waals surface area contributed by atoms with Gasteiger partial charge in [0.1, 0.15) is 13.9 Å². The smallest absolute Gasteiger partial charge is 0.149 e. The molecule has 0 spiro atoms. The zero-order valence-electron chi connectivity index (χ0n) is 12.9. The van der Waals surface area contributed by atoms with E-state index in [4.69, 9.17) is 0 Å². The molecule has 0 aromatic carbocycles. The van der Waals surface area contributed by atoms with Gasteiger partial charge in [-0.1, -0.05) is 48.8 Å². The van der Waals surface area contributed by atoms with Gasteiger partial charge in [0, 0.05) is 12.8 Å². The predicted octanol–water partition coefficient (Wildman–Crippen LogP) is 4.92. The first kappa shape index (κ1) is 17.7. The maximum atomic E-state index is 12.3. The average Bonchev–Trinajstić information content (AvgIpc) is 2.36. The van der Waals surface area contributed by atoms with Crippen molar-refractivity contribution in [1.29, 1.82) is 0 Å². The largest absolute Gasteiger partial charge is 0.298 e. The number of carbonyl (C=O) groups excluding carboxylic acids is 1. The third-order valence-electron chi connectivity index (χ3n) is 3.69. The van der Waals surface area contributed by atoms with Crippen LogP contribution in [0, 0.1) is 17.4 Å². The standard InChI is InChI=1S/C17H25IOSi/c1-5-6-13-17(18)15(11-9-12-16(17)19)10-7-8-14-20(2,3)4/h6,15H,1,7,9-13H2,2-4H3/t15-,17?/m1/s1. The number of alkyl halides is 1. The number of hydrogen-bond acceptors (Lipinski definition) is 1. The van der Waals surface area contributed by atoms with Gasteiger partial charge >= 0.3 is 0 Å². The Labute approximate surface area is 138 Å². The number of rotatable bonds is 4. The predicted molar refractivity (Wildman–Crippen MR) is 97.8 cm³/mol. The van der Waals surface area contributed by atoms with Crippen LogP contribution in [0.4, 0.5) is 0 Å². The van der Waals surface area contributed by atoms with Crippen LogP contribution >= 0.6 is 22.6 Å². The van der Waals surface area contributed by atoms with E-state index in [1.54, 1.807) is 0 Å². The Morgan fingerprint density at radius 1 is 1.50 bits per heavy atom. The van der Waals surface area contributed by atoms with E-state index in [1.165, 1.54) is 0 Å². The Bertz CT molecular complexity index is 460. The molecule has 0 aromatic rings. The van der Waals surface area contributed by atoms with Crippen LogP contribution in [0.5, 0.6) is 0 Å². The summed E-state index contributed by atoms with van der Waals surface area (Å²) in [6, 6.07) is 0. The molecule has 0 N–H and O–H groups in total. The zero-order chi connectivity index (χ0) is 15.2. The van der Waals surface area contributed by atoms with Crippen molar-refractivity contribution in [2.24, 2.45) is 5.92 Å². The van der Waals surface area contributed by atoms with Gasteiger partial charge in [0.2, 0.25) is 0 Å². The summed E-state index contributed by atoms with van der Waals surface area (Å²) in [6.45, 7) is 10.4. The highest BCUT2D eigenvalue weighted by molar-refractivity contribution is 14.1. The molecule has 0 saturated heterocycles. The average molecular weight is 400 g/mol. The first-order valence-corrected chi connectivity index (χ1v) is 11.9. The van der Waals surface area contributed by atoms with Gasteiger partial charge in [-0.2, -0.15) is 0 Å². The first-order chi connectivity index (χ1) is 9.29. The van der Waals surface area contributed by atoms with Gasteiger partial charge in [-0.25, -0.2) is 0 Å². The topological polar surface area (TPSA) is 17.1 Å². The molecule has 1 aliphatic rings. The molecule has 0 aliphatic heterocycles. The molecule has 20 heavy (non-hydrogen) atoms. The summed E-state index contributed by atoms with van der Waals surface area (Å²) in [6.07, 6.45) is 7.55. The van der Waals surface area contributed by atoms with Crippen LogP contribution in [-0.4, -0.2) is 17.3 Å². The highest BCUT2D eigenvalue weighted by Gasteiger charge is 2.43. The van der Waals surface area contributed by atoms with Crippen molar-refractivity contribution in [3.05, 3.63) is 18.4 Å². The minimum Gasteiger partial charge on any atom is -0.298 e. The van der Waals surface area contributed by atoms with E-state index in [-0.39, 0.29) is 3.42 Å². The van der Waals surface area contributed by atoms with Crippen molar-refractivity contribution in [3.8, 4) is 11.5 Å². The Balaban J connectivity index is 2.71. The number of ketones is 1. The highest BCUT2D eigenvalue weighted by atomic mass is 127. The number of allylic oxidation sites excluding steroid dienone is 1. The Kier molecular flexibility index (Phi) is 6.77. The summed E-state index contributed by atoms with van der Waals surface area (Å²) in [5.74, 6) is 4.19. The molecule has 1 rings (SSSR count). The van der Waals surface area contributed by atoms with Gasteiger partial charge in [-0.3, -0.25) is 4.79 Å². The van der Waals surface area contributed by atoms with Gasteiger partial charge in [0.05, 0.1) is 3.42 Å². The lowest BCUT2D eigenvalue weighted by Crippen LogP contribution is -2.42. The highest BCUT2D eigenvalue weighted by Crippen LogP contribution is 2.43. The molecule has 0 amide bonds. The molecule has 0 heterocycles. The fraction of sp³-hybridized carbons (Fsp3) is 0.647. The quantitative estimate of drug-likeness (QED) is 0.215. The Morgan fingerprint density at radius 2 is 2.20 bits per heavy atom. The van der Waals surface area contributed by atoms with Gasteiger partial charge in [0.25, 0.3) is 0 Å².